The number of rotatable bonds is 7. The topological polar surface area (TPSA) is 3.24 Å². The Morgan fingerprint density at radius 2 is 0.770 bits per heavy atom. The van der Waals surface area contributed by atoms with Crippen LogP contribution in [0.15, 0.2) is 194 Å². The van der Waals surface area contributed by atoms with Crippen molar-refractivity contribution in [3.8, 4) is 11.1 Å². The van der Waals surface area contributed by atoms with Crippen molar-refractivity contribution in [2.24, 2.45) is 0 Å². The van der Waals surface area contributed by atoms with E-state index in [-0.39, 0.29) is 35.1 Å². The molecule has 0 fully saturated rings. The summed E-state index contributed by atoms with van der Waals surface area (Å²) < 4.78 is 0. The summed E-state index contributed by atoms with van der Waals surface area (Å²) in [6.45, 7) is 30.0. The van der Waals surface area contributed by atoms with Gasteiger partial charge in [0.1, 0.15) is 0 Å². The molecule has 0 bridgehead atoms. The Morgan fingerprint density at radius 3 is 1.30 bits per heavy atom. The second-order valence-electron chi connectivity index (χ2n) is 25.5. The third kappa shape index (κ3) is 8.77. The standard InChI is InChI=1S/C71H71B2N/c1-46-42-50(71(11,12)13)32-41-63(46)73(53-37-30-49(31-38-53)70(8,9)10)54-39-40-58-62-44-60-56-22-17-18-23-57(56)64(45-61(60)59-24-19-25-65(67(59)62)74(66(58)43-54)55-20-15-14-16-21-55)72(51-33-26-47(27-34-51)68(2,3)4)52-35-28-48(29-36-52)69(5,6)7/h14-45H,1-13H3. The van der Waals surface area contributed by atoms with Gasteiger partial charge in [0.2, 0.25) is 13.4 Å². The fourth-order valence-electron chi connectivity index (χ4n) is 11.9. The van der Waals surface area contributed by atoms with Crippen molar-refractivity contribution < 1.29 is 0 Å². The maximum absolute atomic E-state index is 2.55. The van der Waals surface area contributed by atoms with Crippen LogP contribution in [-0.4, -0.2) is 13.4 Å². The molecule has 10 aromatic carbocycles. The van der Waals surface area contributed by atoms with Gasteiger partial charge in [-0.05, 0) is 114 Å². The van der Waals surface area contributed by atoms with E-state index in [1.54, 1.807) is 0 Å². The van der Waals surface area contributed by atoms with Crippen LogP contribution >= 0.6 is 0 Å². The minimum absolute atomic E-state index is 0.0176. The van der Waals surface area contributed by atoms with Gasteiger partial charge in [-0.1, -0.05) is 285 Å². The first kappa shape index (κ1) is 49.1. The average molecular weight is 960 g/mol. The van der Waals surface area contributed by atoms with Crippen molar-refractivity contribution in [3.63, 3.8) is 0 Å². The van der Waals surface area contributed by atoms with E-state index in [9.17, 15) is 0 Å². The number of para-hydroxylation sites is 1. The minimum atomic E-state index is 0.0176. The maximum atomic E-state index is 2.55. The van der Waals surface area contributed by atoms with E-state index in [1.807, 2.05) is 0 Å². The van der Waals surface area contributed by atoms with E-state index in [2.05, 4.69) is 289 Å². The van der Waals surface area contributed by atoms with Gasteiger partial charge < -0.3 is 4.90 Å². The summed E-state index contributed by atoms with van der Waals surface area (Å²) >= 11 is 0. The number of fused-ring (bicyclic) bond motifs is 6. The highest BCUT2D eigenvalue weighted by Crippen LogP contribution is 2.52. The Balaban J connectivity index is 1.16. The largest absolute Gasteiger partial charge is 0.309 e. The van der Waals surface area contributed by atoms with Gasteiger partial charge in [0.25, 0.3) is 0 Å². The van der Waals surface area contributed by atoms with E-state index >= 15 is 0 Å². The quantitative estimate of drug-likeness (QED) is 0.114. The normalized spacial score (nSPS) is 12.9. The van der Waals surface area contributed by atoms with Gasteiger partial charge in [-0.15, -0.1) is 0 Å². The number of nitrogens with zero attached hydrogens (tertiary/aromatic N) is 1. The number of hydrogen-bond acceptors (Lipinski definition) is 1. The van der Waals surface area contributed by atoms with E-state index in [0.717, 1.165) is 5.69 Å². The first-order valence-corrected chi connectivity index (χ1v) is 27.0. The van der Waals surface area contributed by atoms with Crippen molar-refractivity contribution in [2.45, 2.75) is 112 Å². The Morgan fingerprint density at radius 1 is 0.311 bits per heavy atom. The van der Waals surface area contributed by atoms with E-state index in [0.29, 0.717) is 0 Å². The van der Waals surface area contributed by atoms with Gasteiger partial charge in [0.15, 0.2) is 0 Å². The molecule has 1 aliphatic rings. The van der Waals surface area contributed by atoms with Gasteiger partial charge in [0.05, 0.1) is 11.4 Å². The van der Waals surface area contributed by atoms with Crippen LogP contribution in [0.1, 0.15) is 111 Å². The lowest BCUT2D eigenvalue weighted by molar-refractivity contribution is 0.590. The van der Waals surface area contributed by atoms with Crippen LogP contribution in [0.5, 0.6) is 0 Å². The van der Waals surface area contributed by atoms with Crippen molar-refractivity contribution in [1.82, 2.24) is 0 Å². The van der Waals surface area contributed by atoms with Crippen molar-refractivity contribution >= 4 is 95.6 Å². The zero-order valence-corrected chi connectivity index (χ0v) is 46.1. The highest BCUT2D eigenvalue weighted by atomic mass is 15.2. The van der Waals surface area contributed by atoms with E-state index < -0.39 is 0 Å². The van der Waals surface area contributed by atoms with Crippen LogP contribution < -0.4 is 37.7 Å². The molecule has 0 amide bonds. The fourth-order valence-corrected chi connectivity index (χ4v) is 11.9. The van der Waals surface area contributed by atoms with Crippen LogP contribution in [0.25, 0.3) is 43.4 Å². The van der Waals surface area contributed by atoms with Gasteiger partial charge in [0, 0.05) is 16.6 Å². The lowest BCUT2D eigenvalue weighted by atomic mass is 9.36. The number of hydrogen-bond donors (Lipinski definition) is 0. The van der Waals surface area contributed by atoms with Crippen molar-refractivity contribution in [2.75, 3.05) is 4.90 Å². The highest BCUT2D eigenvalue weighted by Gasteiger charge is 2.33. The van der Waals surface area contributed by atoms with Gasteiger partial charge in [-0.25, -0.2) is 0 Å². The molecule has 0 unspecified atom stereocenters. The summed E-state index contributed by atoms with van der Waals surface area (Å²) in [7, 11) is 0. The first-order valence-electron chi connectivity index (χ1n) is 27.0. The van der Waals surface area contributed by atoms with Gasteiger partial charge in [-0.2, -0.15) is 0 Å². The second-order valence-corrected chi connectivity index (χ2v) is 25.5. The third-order valence-electron chi connectivity index (χ3n) is 16.2. The summed E-state index contributed by atoms with van der Waals surface area (Å²) in [6, 6.07) is 75.2. The molecule has 0 N–H and O–H groups in total. The second kappa shape index (κ2) is 18.1. The van der Waals surface area contributed by atoms with Crippen LogP contribution in [0.3, 0.4) is 0 Å². The molecular weight excluding hydrogens is 888 g/mol. The molecule has 0 spiro atoms. The summed E-state index contributed by atoms with van der Waals surface area (Å²) in [5.41, 5.74) is 20.9. The average Bonchev–Trinajstić information content (AvgIpc) is 3.39. The maximum Gasteiger partial charge on any atom is 0.242 e. The first-order chi connectivity index (χ1) is 35.1. The summed E-state index contributed by atoms with van der Waals surface area (Å²) in [5.74, 6) is 0. The third-order valence-corrected chi connectivity index (χ3v) is 16.2. The molecule has 1 heterocycles. The lowest BCUT2D eigenvalue weighted by Crippen LogP contribution is -2.53. The predicted octanol–water partition coefficient (Wildman–Crippen LogP) is 15.1. The molecule has 366 valence electrons. The monoisotopic (exact) mass is 960 g/mol. The lowest BCUT2D eigenvalue weighted by Gasteiger charge is -2.35. The van der Waals surface area contributed by atoms with Gasteiger partial charge >= 0.3 is 0 Å². The SMILES string of the molecule is Cc1cc(C(C)(C)C)ccc1B(c1ccc(C(C)(C)C)cc1)c1ccc2c(c1)N(c1ccccc1)c1cccc3c1c-2cc1c2ccccc2c(B(c2ccc(C(C)(C)C)cc2)c2ccc(C(C)(C)C)cc2)cc31. The molecule has 0 saturated carbocycles. The predicted molar refractivity (Wildman–Crippen MR) is 327 cm³/mol. The molecule has 0 atom stereocenters. The molecule has 0 aliphatic carbocycles. The Labute approximate surface area is 442 Å². The summed E-state index contributed by atoms with van der Waals surface area (Å²) in [4.78, 5) is 2.54. The zero-order chi connectivity index (χ0) is 52.1. The van der Waals surface area contributed by atoms with Crippen LogP contribution in [0, 0.1) is 6.92 Å². The fraction of sp³-hybridized carbons (Fsp3) is 0.239. The van der Waals surface area contributed by atoms with E-state index in [1.165, 1.54) is 115 Å². The Bertz CT molecular complexity index is 3690. The molecule has 0 saturated heterocycles. The summed E-state index contributed by atoms with van der Waals surface area (Å²) in [6.07, 6.45) is 0. The smallest absolute Gasteiger partial charge is 0.242 e. The zero-order valence-electron chi connectivity index (χ0n) is 46.1. The van der Waals surface area contributed by atoms with Gasteiger partial charge in [-0.3, -0.25) is 0 Å². The number of aryl methyl sites for hydroxylation is 1. The van der Waals surface area contributed by atoms with Crippen molar-refractivity contribution in [1.29, 1.82) is 0 Å². The Hall–Kier alpha value is -7.09. The molecule has 0 aromatic heterocycles. The Kier molecular flexibility index (Phi) is 12.0. The molecule has 11 rings (SSSR count). The number of benzene rings is 10. The minimum Gasteiger partial charge on any atom is -0.309 e. The molecule has 0 radical (unpaired) electrons. The van der Waals surface area contributed by atoms with Crippen LogP contribution in [0.4, 0.5) is 17.1 Å². The highest BCUT2D eigenvalue weighted by molar-refractivity contribution is 6.97. The van der Waals surface area contributed by atoms with E-state index in [4.69, 9.17) is 0 Å². The molecule has 74 heavy (non-hydrogen) atoms. The van der Waals surface area contributed by atoms with Crippen LogP contribution in [-0.2, 0) is 21.7 Å². The van der Waals surface area contributed by atoms with Crippen molar-refractivity contribution in [3.05, 3.63) is 222 Å². The molecule has 1 aliphatic heterocycles. The van der Waals surface area contributed by atoms with Crippen LogP contribution in [0.2, 0.25) is 0 Å². The molecule has 3 heteroatoms. The molecule has 1 nitrogen and oxygen atoms in total. The number of anilines is 3. The molecule has 10 aromatic rings. The molecular formula is C71H71B2N. The summed E-state index contributed by atoms with van der Waals surface area (Å²) in [5, 5.41) is 7.69.